The zero-order valence-corrected chi connectivity index (χ0v) is 16.7. The van der Waals surface area contributed by atoms with Crippen molar-refractivity contribution in [1.82, 2.24) is 10.2 Å². The van der Waals surface area contributed by atoms with Gasteiger partial charge in [-0.3, -0.25) is 23.8 Å². The summed E-state index contributed by atoms with van der Waals surface area (Å²) >= 11 is 0. The lowest BCUT2D eigenvalue weighted by Crippen LogP contribution is -2.46. The topological polar surface area (TPSA) is 142 Å². The first kappa shape index (κ1) is 22.4. The molecule has 3 amide bonds. The molecule has 11 heteroatoms. The van der Waals surface area contributed by atoms with Crippen LogP contribution < -0.4 is 5.32 Å². The van der Waals surface area contributed by atoms with Crippen LogP contribution in [0.1, 0.15) is 26.7 Å². The molecule has 3 N–H and O–H groups in total. The highest BCUT2D eigenvalue weighted by Gasteiger charge is 2.53. The number of amides is 3. The first-order valence-corrected chi connectivity index (χ1v) is 10.3. The van der Waals surface area contributed by atoms with Crippen LogP contribution in [0.5, 0.6) is 0 Å². The molecule has 0 spiro atoms. The molecule has 2 aliphatic heterocycles. The Kier molecular flexibility index (Phi) is 6.95. The summed E-state index contributed by atoms with van der Waals surface area (Å²) in [5, 5.41) is 2.62. The van der Waals surface area contributed by atoms with Gasteiger partial charge in [0.15, 0.2) is 0 Å². The van der Waals surface area contributed by atoms with E-state index in [1.165, 1.54) is 6.08 Å². The molecule has 3 atom stereocenters. The number of hydrogen-bond donors (Lipinski definition) is 3. The van der Waals surface area contributed by atoms with Gasteiger partial charge in [0, 0.05) is 25.1 Å². The normalized spacial score (nSPS) is 27.5. The molecule has 0 bridgehead atoms. The minimum absolute atomic E-state index is 0.110. The predicted octanol–water partition coefficient (Wildman–Crippen LogP) is 0.267. The first-order chi connectivity index (χ1) is 12.9. The highest BCUT2D eigenvalue weighted by Crippen LogP contribution is 2.43. The third kappa shape index (κ3) is 5.36. The molecule has 0 aromatic carbocycles. The van der Waals surface area contributed by atoms with E-state index < -0.39 is 43.9 Å². The van der Waals surface area contributed by atoms with Crippen molar-refractivity contribution in [2.75, 3.05) is 19.7 Å². The third-order valence-electron chi connectivity index (χ3n) is 4.58. The molecule has 0 radical (unpaired) electrons. The summed E-state index contributed by atoms with van der Waals surface area (Å²) in [5.74, 6) is -2.15. The number of phosphoric ester groups is 1. The summed E-state index contributed by atoms with van der Waals surface area (Å²) in [6, 6.07) is 0. The average molecular weight is 416 g/mol. The molecule has 28 heavy (non-hydrogen) atoms. The number of carbonyl (C=O) groups is 3. The second-order valence-electron chi connectivity index (χ2n) is 6.93. The number of ether oxygens (including phenoxy) is 1. The average Bonchev–Trinajstić information content (AvgIpc) is 3.10. The van der Waals surface area contributed by atoms with Crippen LogP contribution in [0.2, 0.25) is 0 Å². The van der Waals surface area contributed by atoms with Crippen LogP contribution in [0.4, 0.5) is 0 Å². The zero-order chi connectivity index (χ0) is 21.1. The van der Waals surface area contributed by atoms with Gasteiger partial charge in [0.05, 0.1) is 18.6 Å². The summed E-state index contributed by atoms with van der Waals surface area (Å²) in [6.45, 7) is 6.63. The van der Waals surface area contributed by atoms with Gasteiger partial charge in [0.2, 0.25) is 17.7 Å². The van der Waals surface area contributed by atoms with Crippen LogP contribution in [0.15, 0.2) is 24.3 Å². The maximum atomic E-state index is 12.8. The Hall–Kier alpha value is -1.84. The van der Waals surface area contributed by atoms with Gasteiger partial charge < -0.3 is 19.8 Å². The minimum atomic E-state index is -4.78. The Labute approximate surface area is 162 Å². The van der Waals surface area contributed by atoms with E-state index in [0.29, 0.717) is 12.0 Å². The predicted molar refractivity (Wildman–Crippen MR) is 97.7 cm³/mol. The maximum absolute atomic E-state index is 12.8. The van der Waals surface area contributed by atoms with Crippen LogP contribution in [-0.2, 0) is 28.2 Å². The van der Waals surface area contributed by atoms with Crippen molar-refractivity contribution in [3.05, 3.63) is 24.3 Å². The Morgan fingerprint density at radius 2 is 2.18 bits per heavy atom. The van der Waals surface area contributed by atoms with Crippen LogP contribution in [0, 0.1) is 5.92 Å². The van der Waals surface area contributed by atoms with Gasteiger partial charge in [0.1, 0.15) is 5.60 Å². The first-order valence-electron chi connectivity index (χ1n) is 8.80. The van der Waals surface area contributed by atoms with E-state index in [1.807, 2.05) is 0 Å². The van der Waals surface area contributed by atoms with Crippen LogP contribution in [-0.4, -0.2) is 63.8 Å². The van der Waals surface area contributed by atoms with Crippen molar-refractivity contribution in [2.45, 2.75) is 38.4 Å². The Morgan fingerprint density at radius 1 is 1.50 bits per heavy atom. The number of rotatable bonds is 9. The number of hydrogen-bond acceptors (Lipinski definition) is 6. The lowest BCUT2D eigenvalue weighted by molar-refractivity contribution is -0.145. The van der Waals surface area contributed by atoms with Crippen molar-refractivity contribution < 1.29 is 38.0 Å². The summed E-state index contributed by atoms with van der Waals surface area (Å²) in [5.41, 5.74) is -1.06. The Bertz CT molecular complexity index is 745. The molecule has 2 rings (SSSR count). The van der Waals surface area contributed by atoms with E-state index >= 15 is 0 Å². The molecule has 0 aromatic rings. The summed E-state index contributed by atoms with van der Waals surface area (Å²) in [6.07, 6.45) is 2.99. The van der Waals surface area contributed by atoms with E-state index in [-0.39, 0.29) is 25.4 Å². The standard InChI is InChI=1S/C17H25N2O8P/c1-11(2)15(21)18-7-4-8-19-14(20)9-13(16(19)22)17(6-5-12(3)27-17)10-26-28(23,24)25/h5-6,12-13H,1,4,7-10H2,2-3H3,(H,18,21)(H2,23,24,25). The van der Waals surface area contributed by atoms with Crippen molar-refractivity contribution >= 4 is 25.5 Å². The van der Waals surface area contributed by atoms with E-state index in [1.54, 1.807) is 19.9 Å². The molecule has 156 valence electrons. The van der Waals surface area contributed by atoms with E-state index in [9.17, 15) is 18.9 Å². The largest absolute Gasteiger partial charge is 0.469 e. The second-order valence-corrected chi connectivity index (χ2v) is 8.17. The molecule has 10 nitrogen and oxygen atoms in total. The summed E-state index contributed by atoms with van der Waals surface area (Å²) in [7, 11) is -4.78. The molecule has 0 aliphatic carbocycles. The summed E-state index contributed by atoms with van der Waals surface area (Å²) < 4.78 is 21.4. The minimum Gasteiger partial charge on any atom is -0.361 e. The number of nitrogens with one attached hydrogen (secondary N) is 1. The van der Waals surface area contributed by atoms with Gasteiger partial charge in [-0.05, 0) is 20.3 Å². The van der Waals surface area contributed by atoms with Crippen molar-refractivity contribution in [1.29, 1.82) is 0 Å². The monoisotopic (exact) mass is 416 g/mol. The SMILES string of the molecule is C=C(C)C(=O)NCCCN1C(=O)CC(C2(COP(=O)(O)O)C=CC(C)O2)C1=O. The fourth-order valence-electron chi connectivity index (χ4n) is 3.18. The molecule has 1 fully saturated rings. The lowest BCUT2D eigenvalue weighted by atomic mass is 9.87. The molecule has 3 unspecified atom stereocenters. The van der Waals surface area contributed by atoms with Crippen LogP contribution >= 0.6 is 7.82 Å². The fraction of sp³-hybridized carbons (Fsp3) is 0.588. The van der Waals surface area contributed by atoms with E-state index in [2.05, 4.69) is 16.4 Å². The van der Waals surface area contributed by atoms with E-state index in [0.717, 1.165) is 4.90 Å². The molecular weight excluding hydrogens is 391 g/mol. The highest BCUT2D eigenvalue weighted by atomic mass is 31.2. The van der Waals surface area contributed by atoms with Gasteiger partial charge in [-0.15, -0.1) is 0 Å². The third-order valence-corrected chi connectivity index (χ3v) is 5.04. The molecule has 0 aromatic heterocycles. The molecule has 2 heterocycles. The number of nitrogens with zero attached hydrogens (tertiary/aromatic N) is 1. The number of phosphoric acid groups is 1. The number of likely N-dealkylation sites (tertiary alicyclic amines) is 1. The quantitative estimate of drug-likeness (QED) is 0.160. The Balaban J connectivity index is 2.03. The summed E-state index contributed by atoms with van der Waals surface area (Å²) in [4.78, 5) is 55.7. The van der Waals surface area contributed by atoms with Gasteiger partial charge in [-0.1, -0.05) is 18.7 Å². The van der Waals surface area contributed by atoms with Gasteiger partial charge in [-0.25, -0.2) is 4.57 Å². The molecule has 0 saturated carbocycles. The lowest BCUT2D eigenvalue weighted by Gasteiger charge is -2.32. The second kappa shape index (κ2) is 8.67. The fourth-order valence-corrected chi connectivity index (χ4v) is 3.55. The van der Waals surface area contributed by atoms with Crippen LogP contribution in [0.25, 0.3) is 0 Å². The number of carbonyl (C=O) groups excluding carboxylic acids is 3. The smallest absolute Gasteiger partial charge is 0.361 e. The van der Waals surface area contributed by atoms with Crippen molar-refractivity contribution in [3.63, 3.8) is 0 Å². The number of imide groups is 1. The van der Waals surface area contributed by atoms with Crippen molar-refractivity contribution in [3.8, 4) is 0 Å². The molecule has 2 aliphatic rings. The molecule has 1 saturated heterocycles. The van der Waals surface area contributed by atoms with Crippen LogP contribution in [0.3, 0.4) is 0 Å². The zero-order valence-electron chi connectivity index (χ0n) is 15.8. The van der Waals surface area contributed by atoms with E-state index in [4.69, 9.17) is 14.5 Å². The van der Waals surface area contributed by atoms with Gasteiger partial charge in [0.25, 0.3) is 0 Å². The maximum Gasteiger partial charge on any atom is 0.469 e. The van der Waals surface area contributed by atoms with Crippen molar-refractivity contribution in [2.24, 2.45) is 5.92 Å². The molecular formula is C17H25N2O8P. The van der Waals surface area contributed by atoms with Gasteiger partial charge >= 0.3 is 7.82 Å². The van der Waals surface area contributed by atoms with Gasteiger partial charge in [-0.2, -0.15) is 0 Å². The Morgan fingerprint density at radius 3 is 2.71 bits per heavy atom. The highest BCUT2D eigenvalue weighted by molar-refractivity contribution is 7.46.